The van der Waals surface area contributed by atoms with Crippen molar-refractivity contribution in [3.05, 3.63) is 73.1 Å². The van der Waals surface area contributed by atoms with Crippen molar-refractivity contribution in [1.29, 1.82) is 0 Å². The summed E-state index contributed by atoms with van der Waals surface area (Å²) in [7, 11) is 1.75. The SMILES string of the molecule is CN(CCCn1ccnc1)C(=O)Nc1ccc(Oc2cccc(F)c2)cc1. The van der Waals surface area contributed by atoms with Crippen molar-refractivity contribution in [1.82, 2.24) is 14.5 Å². The first-order valence-corrected chi connectivity index (χ1v) is 8.61. The maximum Gasteiger partial charge on any atom is 0.321 e. The molecule has 7 heteroatoms. The lowest BCUT2D eigenvalue weighted by Gasteiger charge is -2.18. The standard InChI is InChI=1S/C20H21FN4O2/c1-24(11-3-12-25-13-10-22-15-25)20(26)23-17-6-8-18(9-7-17)27-19-5-2-4-16(21)14-19/h2,4-10,13-15H,3,11-12H2,1H3,(H,23,26). The molecule has 0 bridgehead atoms. The summed E-state index contributed by atoms with van der Waals surface area (Å²) < 4.78 is 20.7. The van der Waals surface area contributed by atoms with Gasteiger partial charge in [0, 0.05) is 44.3 Å². The lowest BCUT2D eigenvalue weighted by Crippen LogP contribution is -2.32. The van der Waals surface area contributed by atoms with Gasteiger partial charge in [0.15, 0.2) is 0 Å². The fraction of sp³-hybridized carbons (Fsp3) is 0.200. The molecule has 1 N–H and O–H groups in total. The number of imidazole rings is 1. The van der Waals surface area contributed by atoms with Gasteiger partial charge in [0.25, 0.3) is 0 Å². The summed E-state index contributed by atoms with van der Waals surface area (Å²) in [6, 6.07) is 12.7. The first-order valence-electron chi connectivity index (χ1n) is 8.61. The topological polar surface area (TPSA) is 59.4 Å². The maximum absolute atomic E-state index is 13.2. The predicted molar refractivity (Wildman–Crippen MR) is 101 cm³/mol. The van der Waals surface area contributed by atoms with Crippen molar-refractivity contribution < 1.29 is 13.9 Å². The molecule has 0 radical (unpaired) electrons. The lowest BCUT2D eigenvalue weighted by molar-refractivity contribution is 0.221. The highest BCUT2D eigenvalue weighted by molar-refractivity contribution is 5.89. The van der Waals surface area contributed by atoms with Gasteiger partial charge in [-0.25, -0.2) is 14.2 Å². The zero-order valence-corrected chi connectivity index (χ0v) is 15.0. The molecular formula is C20H21FN4O2. The normalized spacial score (nSPS) is 10.4. The Balaban J connectivity index is 1.47. The fourth-order valence-electron chi connectivity index (χ4n) is 2.50. The average Bonchev–Trinajstić information content (AvgIpc) is 3.17. The van der Waals surface area contributed by atoms with Crippen LogP contribution in [0.4, 0.5) is 14.9 Å². The van der Waals surface area contributed by atoms with E-state index in [9.17, 15) is 9.18 Å². The van der Waals surface area contributed by atoms with Gasteiger partial charge in [-0.3, -0.25) is 0 Å². The maximum atomic E-state index is 13.2. The van der Waals surface area contributed by atoms with Crippen LogP contribution in [0, 0.1) is 5.82 Å². The second-order valence-corrected chi connectivity index (χ2v) is 6.09. The van der Waals surface area contributed by atoms with E-state index in [4.69, 9.17) is 4.74 Å². The molecule has 0 spiro atoms. The van der Waals surface area contributed by atoms with Crippen molar-refractivity contribution in [2.24, 2.45) is 0 Å². The third kappa shape index (κ3) is 5.57. The molecule has 0 aliphatic heterocycles. The van der Waals surface area contributed by atoms with Crippen molar-refractivity contribution in [2.75, 3.05) is 18.9 Å². The molecule has 0 unspecified atom stereocenters. The molecule has 0 atom stereocenters. The Morgan fingerprint density at radius 3 is 2.74 bits per heavy atom. The van der Waals surface area contributed by atoms with E-state index in [-0.39, 0.29) is 11.8 Å². The van der Waals surface area contributed by atoms with Crippen LogP contribution in [0.1, 0.15) is 6.42 Å². The van der Waals surface area contributed by atoms with Gasteiger partial charge in [0.2, 0.25) is 0 Å². The minimum atomic E-state index is -0.354. The number of hydrogen-bond acceptors (Lipinski definition) is 3. The summed E-state index contributed by atoms with van der Waals surface area (Å²) >= 11 is 0. The van der Waals surface area contributed by atoms with Crippen LogP contribution in [-0.4, -0.2) is 34.1 Å². The second kappa shape index (κ2) is 8.84. The number of nitrogens with one attached hydrogen (secondary N) is 1. The molecule has 2 aromatic carbocycles. The molecule has 0 saturated heterocycles. The Morgan fingerprint density at radius 2 is 2.04 bits per heavy atom. The van der Waals surface area contributed by atoms with E-state index in [1.54, 1.807) is 60.9 Å². The number of hydrogen-bond donors (Lipinski definition) is 1. The van der Waals surface area contributed by atoms with Crippen LogP contribution in [0.5, 0.6) is 11.5 Å². The van der Waals surface area contributed by atoms with Gasteiger partial charge in [-0.15, -0.1) is 0 Å². The summed E-state index contributed by atoms with van der Waals surface area (Å²) in [5.41, 5.74) is 0.660. The molecular weight excluding hydrogens is 347 g/mol. The summed E-state index contributed by atoms with van der Waals surface area (Å²) in [6.07, 6.45) is 6.22. The Bertz CT molecular complexity index is 866. The Kier molecular flexibility index (Phi) is 6.04. The molecule has 1 heterocycles. The molecule has 0 saturated carbocycles. The number of urea groups is 1. The second-order valence-electron chi connectivity index (χ2n) is 6.09. The van der Waals surface area contributed by atoms with E-state index >= 15 is 0 Å². The van der Waals surface area contributed by atoms with Crippen molar-refractivity contribution >= 4 is 11.7 Å². The Labute approximate surface area is 157 Å². The quantitative estimate of drug-likeness (QED) is 0.674. The van der Waals surface area contributed by atoms with E-state index in [2.05, 4.69) is 10.3 Å². The molecule has 1 aromatic heterocycles. The number of anilines is 1. The number of ether oxygens (including phenoxy) is 1. The number of rotatable bonds is 7. The number of carbonyl (C=O) groups is 1. The number of nitrogens with zero attached hydrogens (tertiary/aromatic N) is 3. The van der Waals surface area contributed by atoms with E-state index < -0.39 is 0 Å². The zero-order valence-electron chi connectivity index (χ0n) is 15.0. The van der Waals surface area contributed by atoms with Crippen LogP contribution in [0.3, 0.4) is 0 Å². The third-order valence-electron chi connectivity index (χ3n) is 3.95. The fourth-order valence-corrected chi connectivity index (χ4v) is 2.50. The minimum absolute atomic E-state index is 0.181. The van der Waals surface area contributed by atoms with Gasteiger partial charge in [-0.05, 0) is 42.8 Å². The highest BCUT2D eigenvalue weighted by atomic mass is 19.1. The van der Waals surface area contributed by atoms with Gasteiger partial charge < -0.3 is 19.5 Å². The van der Waals surface area contributed by atoms with E-state index in [1.807, 2.05) is 10.8 Å². The minimum Gasteiger partial charge on any atom is -0.457 e. The molecule has 140 valence electrons. The molecule has 0 fully saturated rings. The van der Waals surface area contributed by atoms with Crippen LogP contribution in [-0.2, 0) is 6.54 Å². The Hall–Kier alpha value is -3.35. The molecule has 0 aliphatic carbocycles. The average molecular weight is 368 g/mol. The molecule has 3 aromatic rings. The van der Waals surface area contributed by atoms with Gasteiger partial charge in [-0.2, -0.15) is 0 Å². The lowest BCUT2D eigenvalue weighted by atomic mass is 10.3. The number of amides is 2. The van der Waals surface area contributed by atoms with Crippen molar-refractivity contribution in [2.45, 2.75) is 13.0 Å². The molecule has 3 rings (SSSR count). The van der Waals surface area contributed by atoms with Crippen LogP contribution in [0.15, 0.2) is 67.3 Å². The predicted octanol–water partition coefficient (Wildman–Crippen LogP) is 4.37. The monoisotopic (exact) mass is 368 g/mol. The first kappa shape index (κ1) is 18.4. The zero-order chi connectivity index (χ0) is 19.1. The van der Waals surface area contributed by atoms with Crippen LogP contribution in [0.25, 0.3) is 0 Å². The van der Waals surface area contributed by atoms with Crippen LogP contribution < -0.4 is 10.1 Å². The summed E-state index contributed by atoms with van der Waals surface area (Å²) in [4.78, 5) is 17.9. The largest absolute Gasteiger partial charge is 0.457 e. The summed E-state index contributed by atoms with van der Waals surface area (Å²) in [5, 5.41) is 2.84. The summed E-state index contributed by atoms with van der Waals surface area (Å²) in [5.74, 6) is 0.629. The number of carbonyl (C=O) groups excluding carboxylic acids is 1. The number of halogens is 1. The van der Waals surface area contributed by atoms with Crippen molar-refractivity contribution in [3.63, 3.8) is 0 Å². The van der Waals surface area contributed by atoms with Gasteiger partial charge in [-0.1, -0.05) is 6.07 Å². The van der Waals surface area contributed by atoms with E-state index in [0.29, 0.717) is 23.7 Å². The molecule has 0 aliphatic rings. The van der Waals surface area contributed by atoms with Gasteiger partial charge >= 0.3 is 6.03 Å². The smallest absolute Gasteiger partial charge is 0.321 e. The molecule has 27 heavy (non-hydrogen) atoms. The third-order valence-corrected chi connectivity index (χ3v) is 3.95. The molecule has 2 amide bonds. The van der Waals surface area contributed by atoms with Crippen LogP contribution in [0.2, 0.25) is 0 Å². The van der Waals surface area contributed by atoms with Gasteiger partial charge in [0.1, 0.15) is 17.3 Å². The highest BCUT2D eigenvalue weighted by Gasteiger charge is 2.09. The van der Waals surface area contributed by atoms with Crippen molar-refractivity contribution in [3.8, 4) is 11.5 Å². The molecule has 6 nitrogen and oxygen atoms in total. The number of aromatic nitrogens is 2. The van der Waals surface area contributed by atoms with Crippen LogP contribution >= 0.6 is 0 Å². The van der Waals surface area contributed by atoms with E-state index in [1.165, 1.54) is 12.1 Å². The van der Waals surface area contributed by atoms with E-state index in [0.717, 1.165) is 13.0 Å². The first-order chi connectivity index (χ1) is 13.1. The summed E-state index contributed by atoms with van der Waals surface area (Å²) in [6.45, 7) is 1.44. The number of aryl methyl sites for hydroxylation is 1. The Morgan fingerprint density at radius 1 is 1.22 bits per heavy atom. The van der Waals surface area contributed by atoms with Gasteiger partial charge in [0.05, 0.1) is 6.33 Å². The number of benzene rings is 2. The highest BCUT2D eigenvalue weighted by Crippen LogP contribution is 2.23.